The number of rotatable bonds is 5. The van der Waals surface area contributed by atoms with Gasteiger partial charge in [-0.1, -0.05) is 48.5 Å². The minimum Gasteiger partial charge on any atom is -0.354 e. The maximum absolute atomic E-state index is 12.3. The van der Waals surface area contributed by atoms with Gasteiger partial charge in [0, 0.05) is 6.54 Å². The van der Waals surface area contributed by atoms with E-state index >= 15 is 0 Å². The van der Waals surface area contributed by atoms with E-state index in [0.717, 1.165) is 23.2 Å². The summed E-state index contributed by atoms with van der Waals surface area (Å²) in [5, 5.41) is 3.11. The highest BCUT2D eigenvalue weighted by atomic mass is 16.1. The van der Waals surface area contributed by atoms with Crippen LogP contribution in [0.5, 0.6) is 0 Å². The predicted octanol–water partition coefficient (Wildman–Crippen LogP) is 2.90. The van der Waals surface area contributed by atoms with Crippen LogP contribution in [-0.4, -0.2) is 21.1 Å². The molecule has 0 aliphatic heterocycles. The zero-order valence-corrected chi connectivity index (χ0v) is 13.9. The van der Waals surface area contributed by atoms with Gasteiger partial charge in [0.25, 0.3) is 0 Å². The maximum Gasteiger partial charge on any atom is 0.356 e. The first-order chi connectivity index (χ1) is 11.6. The standard InChI is InChI=1S/C19H20N4O/c1-14-7-6-8-15(2)17(14)23-13-21-18(22-19(23)24)20-12-11-16-9-4-3-5-10-16/h3-10,13H,11-12H2,1-2H3,(H,20,22,24). The fourth-order valence-electron chi connectivity index (χ4n) is 2.72. The highest BCUT2D eigenvalue weighted by Gasteiger charge is 2.08. The molecular formula is C19H20N4O. The zero-order valence-electron chi connectivity index (χ0n) is 13.9. The summed E-state index contributed by atoms with van der Waals surface area (Å²) in [6.07, 6.45) is 2.39. The third kappa shape index (κ3) is 3.51. The molecule has 0 unspecified atom stereocenters. The molecule has 0 amide bonds. The van der Waals surface area contributed by atoms with E-state index in [-0.39, 0.29) is 5.69 Å². The van der Waals surface area contributed by atoms with Gasteiger partial charge in [-0.25, -0.2) is 9.78 Å². The fraction of sp³-hybridized carbons (Fsp3) is 0.211. The molecule has 0 aliphatic rings. The fourth-order valence-corrected chi connectivity index (χ4v) is 2.72. The number of aryl methyl sites for hydroxylation is 2. The van der Waals surface area contributed by atoms with Gasteiger partial charge in [-0.05, 0) is 37.0 Å². The second-order valence-corrected chi connectivity index (χ2v) is 5.74. The molecule has 0 aliphatic carbocycles. The Hall–Kier alpha value is -2.95. The summed E-state index contributed by atoms with van der Waals surface area (Å²) in [7, 11) is 0. The minimum atomic E-state index is -0.329. The largest absolute Gasteiger partial charge is 0.356 e. The van der Waals surface area contributed by atoms with Crippen molar-refractivity contribution >= 4 is 5.95 Å². The summed E-state index contributed by atoms with van der Waals surface area (Å²) in [4.78, 5) is 20.7. The molecule has 0 spiro atoms. The topological polar surface area (TPSA) is 59.8 Å². The van der Waals surface area contributed by atoms with Gasteiger partial charge in [0.2, 0.25) is 5.95 Å². The van der Waals surface area contributed by atoms with Crippen molar-refractivity contribution in [2.24, 2.45) is 0 Å². The second kappa shape index (κ2) is 7.08. The third-order valence-corrected chi connectivity index (χ3v) is 3.92. The van der Waals surface area contributed by atoms with Crippen molar-refractivity contribution in [2.45, 2.75) is 20.3 Å². The van der Waals surface area contributed by atoms with Crippen molar-refractivity contribution in [1.29, 1.82) is 0 Å². The third-order valence-electron chi connectivity index (χ3n) is 3.92. The Bertz CT molecular complexity index is 867. The highest BCUT2D eigenvalue weighted by molar-refractivity contribution is 5.46. The van der Waals surface area contributed by atoms with E-state index in [1.807, 2.05) is 50.2 Å². The van der Waals surface area contributed by atoms with Crippen LogP contribution in [0.2, 0.25) is 0 Å². The zero-order chi connectivity index (χ0) is 16.9. The molecule has 5 nitrogen and oxygen atoms in total. The number of nitrogens with one attached hydrogen (secondary N) is 1. The molecular weight excluding hydrogens is 300 g/mol. The number of hydrogen-bond donors (Lipinski definition) is 1. The molecule has 1 aromatic heterocycles. The number of anilines is 1. The van der Waals surface area contributed by atoms with Gasteiger partial charge in [0.1, 0.15) is 6.33 Å². The lowest BCUT2D eigenvalue weighted by atomic mass is 10.1. The van der Waals surface area contributed by atoms with E-state index in [4.69, 9.17) is 0 Å². The molecule has 2 aromatic carbocycles. The number of para-hydroxylation sites is 1. The molecule has 0 bridgehead atoms. The van der Waals surface area contributed by atoms with Crippen LogP contribution in [0.4, 0.5) is 5.95 Å². The monoisotopic (exact) mass is 320 g/mol. The van der Waals surface area contributed by atoms with Crippen LogP contribution >= 0.6 is 0 Å². The van der Waals surface area contributed by atoms with Crippen molar-refractivity contribution in [3.63, 3.8) is 0 Å². The SMILES string of the molecule is Cc1cccc(C)c1-n1cnc(NCCc2ccccc2)nc1=O. The van der Waals surface area contributed by atoms with Gasteiger partial charge in [-0.15, -0.1) is 0 Å². The Morgan fingerprint density at radius 1 is 1.00 bits per heavy atom. The van der Waals surface area contributed by atoms with Crippen LogP contribution in [0, 0.1) is 13.8 Å². The van der Waals surface area contributed by atoms with Crippen LogP contribution in [0.25, 0.3) is 5.69 Å². The number of hydrogen-bond acceptors (Lipinski definition) is 4. The number of nitrogens with zero attached hydrogens (tertiary/aromatic N) is 3. The van der Waals surface area contributed by atoms with Crippen molar-refractivity contribution in [3.8, 4) is 5.69 Å². The molecule has 0 saturated heterocycles. The van der Waals surface area contributed by atoms with E-state index < -0.39 is 0 Å². The summed E-state index contributed by atoms with van der Waals surface area (Å²) in [5.74, 6) is 0.360. The van der Waals surface area contributed by atoms with E-state index in [2.05, 4.69) is 27.4 Å². The quantitative estimate of drug-likeness (QED) is 0.785. The summed E-state index contributed by atoms with van der Waals surface area (Å²) >= 11 is 0. The van der Waals surface area contributed by atoms with Gasteiger partial charge < -0.3 is 5.32 Å². The summed E-state index contributed by atoms with van der Waals surface area (Å²) < 4.78 is 1.49. The van der Waals surface area contributed by atoms with Gasteiger partial charge in [0.05, 0.1) is 5.69 Å². The van der Waals surface area contributed by atoms with Gasteiger partial charge in [0.15, 0.2) is 0 Å². The van der Waals surface area contributed by atoms with E-state index in [0.29, 0.717) is 12.5 Å². The van der Waals surface area contributed by atoms with Crippen LogP contribution in [0.3, 0.4) is 0 Å². The molecule has 0 saturated carbocycles. The van der Waals surface area contributed by atoms with E-state index in [1.54, 1.807) is 0 Å². The lowest BCUT2D eigenvalue weighted by Crippen LogP contribution is -2.25. The molecule has 3 aromatic rings. The van der Waals surface area contributed by atoms with Crippen molar-refractivity contribution in [3.05, 3.63) is 82.0 Å². The van der Waals surface area contributed by atoms with Gasteiger partial charge in [-0.2, -0.15) is 4.98 Å². The van der Waals surface area contributed by atoms with Crippen LogP contribution in [0.15, 0.2) is 59.7 Å². The predicted molar refractivity (Wildman–Crippen MR) is 95.7 cm³/mol. The Morgan fingerprint density at radius 2 is 1.71 bits per heavy atom. The van der Waals surface area contributed by atoms with Crippen LogP contribution in [0.1, 0.15) is 16.7 Å². The average molecular weight is 320 g/mol. The van der Waals surface area contributed by atoms with E-state index in [1.165, 1.54) is 16.5 Å². The molecule has 0 atom stereocenters. The lowest BCUT2D eigenvalue weighted by molar-refractivity contribution is 0.841. The van der Waals surface area contributed by atoms with Crippen molar-refractivity contribution in [1.82, 2.24) is 14.5 Å². The van der Waals surface area contributed by atoms with Gasteiger partial charge >= 0.3 is 5.69 Å². The summed E-state index contributed by atoms with van der Waals surface area (Å²) in [6.45, 7) is 4.62. The van der Waals surface area contributed by atoms with Crippen LogP contribution < -0.4 is 11.0 Å². The summed E-state index contributed by atoms with van der Waals surface area (Å²) in [6, 6.07) is 16.1. The highest BCUT2D eigenvalue weighted by Crippen LogP contribution is 2.16. The second-order valence-electron chi connectivity index (χ2n) is 5.74. The molecule has 1 N–H and O–H groups in total. The van der Waals surface area contributed by atoms with Gasteiger partial charge in [-0.3, -0.25) is 4.57 Å². The molecule has 5 heteroatoms. The van der Waals surface area contributed by atoms with Crippen molar-refractivity contribution < 1.29 is 0 Å². The maximum atomic E-state index is 12.3. The first kappa shape index (κ1) is 15.9. The molecule has 122 valence electrons. The van der Waals surface area contributed by atoms with Crippen LogP contribution in [-0.2, 0) is 6.42 Å². The Labute approximate surface area is 141 Å². The number of aromatic nitrogens is 3. The lowest BCUT2D eigenvalue weighted by Gasteiger charge is -2.12. The average Bonchev–Trinajstić information content (AvgIpc) is 2.57. The molecule has 0 radical (unpaired) electrons. The Morgan fingerprint density at radius 3 is 2.38 bits per heavy atom. The Balaban J connectivity index is 1.74. The number of benzene rings is 2. The van der Waals surface area contributed by atoms with E-state index in [9.17, 15) is 4.79 Å². The smallest absolute Gasteiger partial charge is 0.354 e. The molecule has 0 fully saturated rings. The van der Waals surface area contributed by atoms with Crippen molar-refractivity contribution in [2.75, 3.05) is 11.9 Å². The normalized spacial score (nSPS) is 10.6. The molecule has 3 rings (SSSR count). The first-order valence-corrected chi connectivity index (χ1v) is 7.95. The first-order valence-electron chi connectivity index (χ1n) is 7.95. The molecule has 1 heterocycles. The molecule has 24 heavy (non-hydrogen) atoms. The summed E-state index contributed by atoms with van der Waals surface area (Å²) in [5.41, 5.74) is 3.78. The Kier molecular flexibility index (Phi) is 4.70. The minimum absolute atomic E-state index is 0.329.